The quantitative estimate of drug-likeness (QED) is 0.922. The van der Waals surface area contributed by atoms with Crippen LogP contribution in [0.1, 0.15) is 25.6 Å². The van der Waals surface area contributed by atoms with Crippen molar-refractivity contribution in [3.63, 3.8) is 0 Å². The highest BCUT2D eigenvalue weighted by Crippen LogP contribution is 2.30. The largest absolute Gasteiger partial charge is 0.379 e. The first-order valence-corrected chi connectivity index (χ1v) is 8.46. The zero-order chi connectivity index (χ0) is 16.2. The number of rotatable bonds is 4. The molecule has 0 aliphatic carbocycles. The molecule has 0 radical (unpaired) electrons. The third kappa shape index (κ3) is 4.93. The van der Waals surface area contributed by atoms with Crippen molar-refractivity contribution in [1.82, 2.24) is 14.8 Å². The molecule has 22 heavy (non-hydrogen) atoms. The van der Waals surface area contributed by atoms with Crippen LogP contribution in [-0.4, -0.2) is 67.3 Å². The van der Waals surface area contributed by atoms with Crippen LogP contribution in [-0.2, 0) is 10.2 Å². The van der Waals surface area contributed by atoms with Gasteiger partial charge in [0, 0.05) is 44.3 Å². The molecular formula is C15H26N4O2S. The van der Waals surface area contributed by atoms with Crippen LogP contribution in [0.25, 0.3) is 0 Å². The number of anilines is 1. The summed E-state index contributed by atoms with van der Waals surface area (Å²) in [6, 6.07) is -0.108. The number of ether oxygens (including phenoxy) is 1. The van der Waals surface area contributed by atoms with E-state index in [0.717, 1.165) is 32.8 Å². The summed E-state index contributed by atoms with van der Waals surface area (Å²) in [7, 11) is 1.81. The molecule has 2 amide bonds. The smallest absolute Gasteiger partial charge is 0.323 e. The van der Waals surface area contributed by atoms with E-state index in [2.05, 4.69) is 36.0 Å². The van der Waals surface area contributed by atoms with Gasteiger partial charge in [0.2, 0.25) is 0 Å². The molecule has 0 aromatic carbocycles. The standard InChI is InChI=1S/C15H26N4O2S/c1-15(2,3)12-11-16-13(22-12)17-14(20)18(4)5-6-19-7-9-21-10-8-19/h11H,5-10H2,1-4H3,(H,16,17,20). The number of amides is 2. The predicted molar refractivity (Wildman–Crippen MR) is 89.7 cm³/mol. The Hall–Kier alpha value is -1.18. The summed E-state index contributed by atoms with van der Waals surface area (Å²) in [5.41, 5.74) is 0.0584. The van der Waals surface area contributed by atoms with Crippen molar-refractivity contribution in [2.45, 2.75) is 26.2 Å². The van der Waals surface area contributed by atoms with Gasteiger partial charge in [0.1, 0.15) is 0 Å². The molecule has 0 spiro atoms. The third-order valence-electron chi connectivity index (χ3n) is 3.66. The maximum absolute atomic E-state index is 12.2. The number of nitrogens with zero attached hydrogens (tertiary/aromatic N) is 3. The Morgan fingerprint density at radius 2 is 2.14 bits per heavy atom. The monoisotopic (exact) mass is 326 g/mol. The Morgan fingerprint density at radius 1 is 1.45 bits per heavy atom. The number of urea groups is 1. The zero-order valence-electron chi connectivity index (χ0n) is 13.9. The van der Waals surface area contributed by atoms with Crippen molar-refractivity contribution in [3.8, 4) is 0 Å². The van der Waals surface area contributed by atoms with E-state index in [1.807, 2.05) is 13.2 Å². The minimum Gasteiger partial charge on any atom is -0.379 e. The molecular weight excluding hydrogens is 300 g/mol. The van der Waals surface area contributed by atoms with E-state index in [1.54, 1.807) is 4.90 Å². The summed E-state index contributed by atoms with van der Waals surface area (Å²) in [4.78, 5) is 21.7. The molecule has 2 heterocycles. The number of aromatic nitrogens is 1. The van der Waals surface area contributed by atoms with Gasteiger partial charge in [0.05, 0.1) is 13.2 Å². The molecule has 1 aliphatic heterocycles. The number of morpholine rings is 1. The molecule has 0 saturated carbocycles. The highest BCUT2D eigenvalue weighted by atomic mass is 32.1. The van der Waals surface area contributed by atoms with E-state index in [4.69, 9.17) is 4.74 Å². The molecule has 124 valence electrons. The Labute approximate surface area is 136 Å². The average molecular weight is 326 g/mol. The first kappa shape index (κ1) is 17.2. The van der Waals surface area contributed by atoms with Crippen LogP contribution < -0.4 is 5.32 Å². The number of thiazole rings is 1. The molecule has 1 fully saturated rings. The number of nitrogens with one attached hydrogen (secondary N) is 1. The summed E-state index contributed by atoms with van der Waals surface area (Å²) in [5.74, 6) is 0. The van der Waals surface area contributed by atoms with Gasteiger partial charge >= 0.3 is 6.03 Å². The Kier molecular flexibility index (Phi) is 5.77. The van der Waals surface area contributed by atoms with E-state index < -0.39 is 0 Å². The fourth-order valence-electron chi connectivity index (χ4n) is 2.08. The number of hydrogen-bond donors (Lipinski definition) is 1. The number of carbonyl (C=O) groups excluding carboxylic acids is 1. The summed E-state index contributed by atoms with van der Waals surface area (Å²) < 4.78 is 5.32. The lowest BCUT2D eigenvalue weighted by molar-refractivity contribution is 0.0359. The molecule has 2 rings (SSSR count). The Morgan fingerprint density at radius 3 is 2.73 bits per heavy atom. The summed E-state index contributed by atoms with van der Waals surface area (Å²) >= 11 is 1.54. The summed E-state index contributed by atoms with van der Waals surface area (Å²) in [5, 5.41) is 3.53. The van der Waals surface area contributed by atoms with Gasteiger partial charge in [-0.25, -0.2) is 9.78 Å². The minimum atomic E-state index is -0.108. The molecule has 1 N–H and O–H groups in total. The Balaban J connectivity index is 1.79. The molecule has 6 nitrogen and oxygen atoms in total. The SMILES string of the molecule is CN(CCN1CCOCC1)C(=O)Nc1ncc(C(C)(C)C)s1. The molecule has 7 heteroatoms. The number of hydrogen-bond acceptors (Lipinski definition) is 5. The highest BCUT2D eigenvalue weighted by Gasteiger charge is 2.19. The van der Waals surface area contributed by atoms with E-state index >= 15 is 0 Å². The van der Waals surface area contributed by atoms with Crippen molar-refractivity contribution in [2.75, 3.05) is 51.8 Å². The summed E-state index contributed by atoms with van der Waals surface area (Å²) in [6.07, 6.45) is 1.84. The second kappa shape index (κ2) is 7.39. The van der Waals surface area contributed by atoms with Crippen molar-refractivity contribution in [3.05, 3.63) is 11.1 Å². The van der Waals surface area contributed by atoms with Crippen molar-refractivity contribution >= 4 is 22.5 Å². The van der Waals surface area contributed by atoms with Crippen LogP contribution in [0.4, 0.5) is 9.93 Å². The first-order valence-electron chi connectivity index (χ1n) is 7.65. The molecule has 0 atom stereocenters. The molecule has 1 aromatic heterocycles. The fourth-order valence-corrected chi connectivity index (χ4v) is 2.95. The topological polar surface area (TPSA) is 57.7 Å². The van der Waals surface area contributed by atoms with Crippen LogP contribution in [0.2, 0.25) is 0 Å². The maximum atomic E-state index is 12.2. The lowest BCUT2D eigenvalue weighted by Crippen LogP contribution is -2.42. The van der Waals surface area contributed by atoms with Gasteiger partial charge in [-0.3, -0.25) is 10.2 Å². The first-order chi connectivity index (χ1) is 10.4. The van der Waals surface area contributed by atoms with E-state index in [0.29, 0.717) is 11.7 Å². The number of likely N-dealkylation sites (N-methyl/N-ethyl adjacent to an activating group) is 1. The van der Waals surface area contributed by atoms with E-state index in [1.165, 1.54) is 16.2 Å². The van der Waals surface area contributed by atoms with Gasteiger partial charge in [-0.2, -0.15) is 0 Å². The van der Waals surface area contributed by atoms with Gasteiger partial charge in [-0.15, -0.1) is 11.3 Å². The van der Waals surface area contributed by atoms with Crippen LogP contribution >= 0.6 is 11.3 Å². The van der Waals surface area contributed by atoms with Crippen molar-refractivity contribution in [1.29, 1.82) is 0 Å². The molecule has 0 unspecified atom stereocenters. The van der Waals surface area contributed by atoms with Crippen molar-refractivity contribution in [2.24, 2.45) is 0 Å². The van der Waals surface area contributed by atoms with Crippen LogP contribution in [0, 0.1) is 0 Å². The second-order valence-corrected chi connectivity index (χ2v) is 7.62. The normalized spacial score (nSPS) is 16.5. The fraction of sp³-hybridized carbons (Fsp3) is 0.733. The van der Waals surface area contributed by atoms with E-state index in [-0.39, 0.29) is 11.4 Å². The van der Waals surface area contributed by atoms with Gasteiger partial charge in [-0.1, -0.05) is 20.8 Å². The zero-order valence-corrected chi connectivity index (χ0v) is 14.7. The predicted octanol–water partition coefficient (Wildman–Crippen LogP) is 2.24. The molecule has 1 aliphatic rings. The maximum Gasteiger partial charge on any atom is 0.323 e. The molecule has 1 aromatic rings. The highest BCUT2D eigenvalue weighted by molar-refractivity contribution is 7.15. The van der Waals surface area contributed by atoms with Gasteiger partial charge in [0.15, 0.2) is 5.13 Å². The van der Waals surface area contributed by atoms with Crippen LogP contribution in [0.15, 0.2) is 6.20 Å². The van der Waals surface area contributed by atoms with E-state index in [9.17, 15) is 4.79 Å². The van der Waals surface area contributed by atoms with Crippen LogP contribution in [0.5, 0.6) is 0 Å². The third-order valence-corrected chi connectivity index (χ3v) is 5.00. The lowest BCUT2D eigenvalue weighted by Gasteiger charge is -2.28. The Bertz CT molecular complexity index is 492. The average Bonchev–Trinajstić information content (AvgIpc) is 2.94. The second-order valence-electron chi connectivity index (χ2n) is 6.59. The molecule has 1 saturated heterocycles. The number of carbonyl (C=O) groups is 1. The molecule has 0 bridgehead atoms. The minimum absolute atomic E-state index is 0.0584. The van der Waals surface area contributed by atoms with Gasteiger partial charge < -0.3 is 9.64 Å². The summed E-state index contributed by atoms with van der Waals surface area (Å²) in [6.45, 7) is 11.4. The van der Waals surface area contributed by atoms with Crippen molar-refractivity contribution < 1.29 is 9.53 Å². The van der Waals surface area contributed by atoms with Crippen LogP contribution in [0.3, 0.4) is 0 Å². The van der Waals surface area contributed by atoms with Gasteiger partial charge in [0.25, 0.3) is 0 Å². The lowest BCUT2D eigenvalue weighted by atomic mass is 9.96. The van der Waals surface area contributed by atoms with Gasteiger partial charge in [-0.05, 0) is 5.41 Å².